The SMILES string of the molecule is O=C1CSC(c2cccc(C(F)(F)F)c2)N1CCO. The fraction of sp³-hybridized carbons (Fsp3) is 0.417. The van der Waals surface area contributed by atoms with E-state index >= 15 is 0 Å². The van der Waals surface area contributed by atoms with Gasteiger partial charge >= 0.3 is 6.18 Å². The van der Waals surface area contributed by atoms with Gasteiger partial charge in [0.2, 0.25) is 5.91 Å². The van der Waals surface area contributed by atoms with Crippen LogP contribution < -0.4 is 0 Å². The molecule has 1 saturated heterocycles. The minimum Gasteiger partial charge on any atom is -0.395 e. The summed E-state index contributed by atoms with van der Waals surface area (Å²) in [4.78, 5) is 13.0. The minimum atomic E-state index is -4.40. The first kappa shape index (κ1) is 14.2. The van der Waals surface area contributed by atoms with Crippen molar-refractivity contribution in [2.45, 2.75) is 11.6 Å². The quantitative estimate of drug-likeness (QED) is 0.929. The summed E-state index contributed by atoms with van der Waals surface area (Å²) in [5.74, 6) is 0.0578. The summed E-state index contributed by atoms with van der Waals surface area (Å²) < 4.78 is 37.9. The van der Waals surface area contributed by atoms with Gasteiger partial charge in [-0.05, 0) is 17.7 Å². The van der Waals surface area contributed by atoms with Gasteiger partial charge in [-0.1, -0.05) is 12.1 Å². The Labute approximate surface area is 112 Å². The summed E-state index contributed by atoms with van der Waals surface area (Å²) in [6, 6.07) is 4.95. The second-order valence-corrected chi connectivity index (χ2v) is 5.17. The van der Waals surface area contributed by atoms with E-state index in [1.165, 1.54) is 22.7 Å². The lowest BCUT2D eigenvalue weighted by atomic mass is 10.1. The summed E-state index contributed by atoms with van der Waals surface area (Å²) in [5.41, 5.74) is -0.298. The Bertz CT molecular complexity index is 478. The first-order valence-corrected chi connectivity index (χ1v) is 6.67. The third kappa shape index (κ3) is 3.03. The molecule has 0 spiro atoms. The topological polar surface area (TPSA) is 40.5 Å². The van der Waals surface area contributed by atoms with Crippen LogP contribution in [0.5, 0.6) is 0 Å². The van der Waals surface area contributed by atoms with Crippen LogP contribution in [0.1, 0.15) is 16.5 Å². The molecule has 0 saturated carbocycles. The van der Waals surface area contributed by atoms with Gasteiger partial charge < -0.3 is 10.0 Å². The van der Waals surface area contributed by atoms with Crippen molar-refractivity contribution in [2.75, 3.05) is 18.9 Å². The lowest BCUT2D eigenvalue weighted by Crippen LogP contribution is -2.31. The number of hydrogen-bond acceptors (Lipinski definition) is 3. The van der Waals surface area contributed by atoms with Crippen molar-refractivity contribution >= 4 is 17.7 Å². The molecule has 0 radical (unpaired) electrons. The van der Waals surface area contributed by atoms with Crippen LogP contribution in [0, 0.1) is 0 Å². The monoisotopic (exact) mass is 291 g/mol. The zero-order valence-electron chi connectivity index (χ0n) is 9.85. The minimum absolute atomic E-state index is 0.132. The Kier molecular flexibility index (Phi) is 4.05. The van der Waals surface area contributed by atoms with Crippen molar-refractivity contribution < 1.29 is 23.1 Å². The van der Waals surface area contributed by atoms with Gasteiger partial charge in [-0.15, -0.1) is 11.8 Å². The van der Waals surface area contributed by atoms with E-state index in [1.807, 2.05) is 0 Å². The molecule has 1 heterocycles. The van der Waals surface area contributed by atoms with Gasteiger partial charge in [0, 0.05) is 6.54 Å². The van der Waals surface area contributed by atoms with Crippen molar-refractivity contribution in [1.82, 2.24) is 4.90 Å². The number of amides is 1. The molecular formula is C12H12F3NO2S. The van der Waals surface area contributed by atoms with E-state index in [9.17, 15) is 18.0 Å². The second-order valence-electron chi connectivity index (χ2n) is 4.10. The number of carbonyl (C=O) groups excluding carboxylic acids is 1. The standard InChI is InChI=1S/C12H12F3NO2S/c13-12(14,15)9-3-1-2-8(6-9)11-16(4-5-17)10(18)7-19-11/h1-3,6,11,17H,4-5,7H2. The zero-order valence-corrected chi connectivity index (χ0v) is 10.7. The third-order valence-electron chi connectivity index (χ3n) is 2.81. The number of hydrogen-bond donors (Lipinski definition) is 1. The van der Waals surface area contributed by atoms with Crippen LogP contribution >= 0.6 is 11.8 Å². The largest absolute Gasteiger partial charge is 0.416 e. The van der Waals surface area contributed by atoms with Crippen LogP contribution in [-0.4, -0.2) is 34.8 Å². The number of nitrogens with zero attached hydrogens (tertiary/aromatic N) is 1. The van der Waals surface area contributed by atoms with E-state index in [0.29, 0.717) is 5.56 Å². The zero-order chi connectivity index (χ0) is 14.0. The van der Waals surface area contributed by atoms with Gasteiger partial charge in [-0.3, -0.25) is 4.79 Å². The summed E-state index contributed by atoms with van der Waals surface area (Å²) in [5, 5.41) is 8.45. The van der Waals surface area contributed by atoms with Crippen LogP contribution in [0.2, 0.25) is 0 Å². The summed E-state index contributed by atoms with van der Waals surface area (Å²) in [7, 11) is 0. The van der Waals surface area contributed by atoms with Crippen molar-refractivity contribution in [3.05, 3.63) is 35.4 Å². The number of aliphatic hydroxyl groups is 1. The lowest BCUT2D eigenvalue weighted by molar-refractivity contribution is -0.137. The molecular weight excluding hydrogens is 279 g/mol. The highest BCUT2D eigenvalue weighted by Gasteiger charge is 2.35. The number of thioether (sulfide) groups is 1. The highest BCUT2D eigenvalue weighted by atomic mass is 32.2. The molecule has 1 fully saturated rings. The van der Waals surface area contributed by atoms with Crippen LogP contribution in [0.3, 0.4) is 0 Å². The molecule has 0 bridgehead atoms. The highest BCUT2D eigenvalue weighted by molar-refractivity contribution is 8.00. The second kappa shape index (κ2) is 5.42. The van der Waals surface area contributed by atoms with Crippen molar-refractivity contribution in [2.24, 2.45) is 0 Å². The van der Waals surface area contributed by atoms with Gasteiger partial charge in [0.25, 0.3) is 0 Å². The van der Waals surface area contributed by atoms with E-state index in [-0.39, 0.29) is 24.8 Å². The Hall–Kier alpha value is -1.21. The Balaban J connectivity index is 2.29. The average molecular weight is 291 g/mol. The molecule has 1 aromatic carbocycles. The maximum absolute atomic E-state index is 12.6. The Morgan fingerprint density at radius 2 is 2.16 bits per heavy atom. The number of carbonyl (C=O) groups is 1. The average Bonchev–Trinajstić information content (AvgIpc) is 2.71. The number of benzene rings is 1. The van der Waals surface area contributed by atoms with Gasteiger partial charge in [0.15, 0.2) is 0 Å². The Morgan fingerprint density at radius 1 is 1.42 bits per heavy atom. The van der Waals surface area contributed by atoms with Gasteiger partial charge in [-0.25, -0.2) is 0 Å². The van der Waals surface area contributed by atoms with Crippen molar-refractivity contribution in [1.29, 1.82) is 0 Å². The van der Waals surface area contributed by atoms with Gasteiger partial charge in [0.1, 0.15) is 5.37 Å². The molecule has 2 rings (SSSR count). The molecule has 1 aliphatic rings. The lowest BCUT2D eigenvalue weighted by Gasteiger charge is -2.23. The number of aliphatic hydroxyl groups excluding tert-OH is 1. The molecule has 1 N–H and O–H groups in total. The van der Waals surface area contributed by atoms with Gasteiger partial charge in [0.05, 0.1) is 17.9 Å². The van der Waals surface area contributed by atoms with E-state index < -0.39 is 17.1 Å². The van der Waals surface area contributed by atoms with E-state index in [2.05, 4.69) is 0 Å². The molecule has 19 heavy (non-hydrogen) atoms. The fourth-order valence-corrected chi connectivity index (χ4v) is 3.16. The number of β-amino-alcohol motifs (C(OH)–C–C–N with tert-alkyl or cyclic N) is 1. The number of alkyl halides is 3. The predicted molar refractivity (Wildman–Crippen MR) is 65.4 cm³/mol. The smallest absolute Gasteiger partial charge is 0.395 e. The molecule has 1 aromatic rings. The number of rotatable bonds is 3. The molecule has 7 heteroatoms. The fourth-order valence-electron chi connectivity index (χ4n) is 1.95. The van der Waals surface area contributed by atoms with Crippen LogP contribution in [0.15, 0.2) is 24.3 Å². The molecule has 0 aliphatic carbocycles. The van der Waals surface area contributed by atoms with E-state index in [1.54, 1.807) is 6.07 Å². The maximum Gasteiger partial charge on any atom is 0.416 e. The molecule has 3 nitrogen and oxygen atoms in total. The first-order valence-electron chi connectivity index (χ1n) is 5.62. The van der Waals surface area contributed by atoms with E-state index in [4.69, 9.17) is 5.11 Å². The predicted octanol–water partition coefficient (Wildman–Crippen LogP) is 2.27. The van der Waals surface area contributed by atoms with E-state index in [0.717, 1.165) is 12.1 Å². The van der Waals surface area contributed by atoms with Crippen molar-refractivity contribution in [3.8, 4) is 0 Å². The Morgan fingerprint density at radius 3 is 2.79 bits per heavy atom. The molecule has 0 aromatic heterocycles. The molecule has 104 valence electrons. The van der Waals surface area contributed by atoms with Crippen molar-refractivity contribution in [3.63, 3.8) is 0 Å². The van der Waals surface area contributed by atoms with Crippen LogP contribution in [0.4, 0.5) is 13.2 Å². The molecule has 1 unspecified atom stereocenters. The molecule has 1 aliphatic heterocycles. The highest BCUT2D eigenvalue weighted by Crippen LogP contribution is 2.40. The third-order valence-corrected chi connectivity index (χ3v) is 4.06. The summed E-state index contributed by atoms with van der Waals surface area (Å²) >= 11 is 1.27. The van der Waals surface area contributed by atoms with Crippen LogP contribution in [-0.2, 0) is 11.0 Å². The summed E-state index contributed by atoms with van der Waals surface area (Å²) in [6.07, 6.45) is -4.40. The van der Waals surface area contributed by atoms with Crippen LogP contribution in [0.25, 0.3) is 0 Å². The maximum atomic E-state index is 12.6. The number of halogens is 3. The first-order chi connectivity index (χ1) is 8.93. The van der Waals surface area contributed by atoms with Gasteiger partial charge in [-0.2, -0.15) is 13.2 Å². The molecule has 1 atom stereocenters. The summed E-state index contributed by atoms with van der Waals surface area (Å²) in [6.45, 7) is -0.0749. The molecule has 1 amide bonds. The normalized spacial score (nSPS) is 20.1.